The first kappa shape index (κ1) is 14.5. The molecule has 5 heteroatoms. The van der Waals surface area contributed by atoms with Gasteiger partial charge in [0.1, 0.15) is 0 Å². The molecule has 17 heavy (non-hydrogen) atoms. The van der Waals surface area contributed by atoms with Gasteiger partial charge in [-0.3, -0.25) is 0 Å². The molecular formula is C12H18ClNO2S. The molecule has 1 atom stereocenters. The summed E-state index contributed by atoms with van der Waals surface area (Å²) in [6.07, 6.45) is 1.00. The average Bonchev–Trinajstić information content (AvgIpc) is 2.15. The summed E-state index contributed by atoms with van der Waals surface area (Å²) >= 11 is 5.99. The van der Waals surface area contributed by atoms with Crippen LogP contribution in [0.3, 0.4) is 0 Å². The first-order chi connectivity index (χ1) is 7.78. The summed E-state index contributed by atoms with van der Waals surface area (Å²) in [5, 5.41) is 4.37. The molecule has 0 saturated carbocycles. The highest BCUT2D eigenvalue weighted by molar-refractivity contribution is 7.89. The summed E-state index contributed by atoms with van der Waals surface area (Å²) in [7, 11) is -3.53. The molecule has 96 valence electrons. The summed E-state index contributed by atoms with van der Waals surface area (Å²) in [6, 6.07) is 7.68. The molecule has 1 rings (SSSR count). The maximum absolute atomic E-state index is 10.9. The first-order valence-corrected chi connectivity index (χ1v) is 7.66. The predicted octanol–water partition coefficient (Wildman–Crippen LogP) is 2.45. The predicted molar refractivity (Wildman–Crippen MR) is 71.6 cm³/mol. The first-order valence-electron chi connectivity index (χ1n) is 5.51. The normalized spacial score (nSPS) is 13.9. The van der Waals surface area contributed by atoms with E-state index < -0.39 is 15.4 Å². The van der Waals surface area contributed by atoms with Crippen molar-refractivity contribution in [3.8, 4) is 0 Å². The number of alkyl halides is 1. The monoisotopic (exact) mass is 275 g/mol. The molecular weight excluding hydrogens is 258 g/mol. The van der Waals surface area contributed by atoms with Crippen LogP contribution in [0, 0.1) is 5.92 Å². The van der Waals surface area contributed by atoms with Crippen molar-refractivity contribution in [1.82, 2.24) is 0 Å². The zero-order valence-corrected chi connectivity index (χ0v) is 11.6. The zero-order chi connectivity index (χ0) is 13.1. The molecule has 0 bridgehead atoms. The molecule has 2 N–H and O–H groups in total. The Morgan fingerprint density at radius 3 is 2.18 bits per heavy atom. The van der Waals surface area contributed by atoms with E-state index in [-0.39, 0.29) is 5.75 Å². The van der Waals surface area contributed by atoms with Crippen molar-refractivity contribution in [2.45, 2.75) is 25.6 Å². The molecule has 1 aromatic carbocycles. The van der Waals surface area contributed by atoms with E-state index in [1.165, 1.54) is 5.56 Å². The minimum atomic E-state index is -3.53. The third-order valence-electron chi connectivity index (χ3n) is 2.36. The van der Waals surface area contributed by atoms with Crippen LogP contribution in [0.15, 0.2) is 24.3 Å². The fraction of sp³-hybridized carbons (Fsp3) is 0.500. The van der Waals surface area contributed by atoms with E-state index in [0.717, 1.165) is 12.0 Å². The quantitative estimate of drug-likeness (QED) is 0.839. The SMILES string of the molecule is CC(C)Cc1ccc(C(Cl)CS(N)(=O)=O)cc1. The van der Waals surface area contributed by atoms with Crippen LogP contribution in [0.4, 0.5) is 0 Å². The van der Waals surface area contributed by atoms with Crippen LogP contribution in [-0.2, 0) is 16.4 Å². The topological polar surface area (TPSA) is 60.2 Å². The van der Waals surface area contributed by atoms with Crippen LogP contribution in [0.1, 0.15) is 30.4 Å². The van der Waals surface area contributed by atoms with Crippen molar-refractivity contribution >= 4 is 21.6 Å². The summed E-state index contributed by atoms with van der Waals surface area (Å²) < 4.78 is 21.8. The van der Waals surface area contributed by atoms with E-state index >= 15 is 0 Å². The maximum Gasteiger partial charge on any atom is 0.210 e. The van der Waals surface area contributed by atoms with Gasteiger partial charge in [0, 0.05) is 0 Å². The Kier molecular flexibility index (Phi) is 4.98. The van der Waals surface area contributed by atoms with E-state index in [9.17, 15) is 8.42 Å². The van der Waals surface area contributed by atoms with E-state index in [4.69, 9.17) is 16.7 Å². The number of nitrogens with two attached hydrogens (primary N) is 1. The Morgan fingerprint density at radius 2 is 1.76 bits per heavy atom. The van der Waals surface area contributed by atoms with Crippen LogP contribution in [0.5, 0.6) is 0 Å². The third kappa shape index (κ3) is 5.52. The number of benzene rings is 1. The number of sulfonamides is 1. The number of hydrogen-bond donors (Lipinski definition) is 1. The Hall–Kier alpha value is -0.580. The van der Waals surface area contributed by atoms with E-state index in [1.54, 1.807) is 0 Å². The van der Waals surface area contributed by atoms with Gasteiger partial charge in [0.05, 0.1) is 11.1 Å². The molecule has 0 radical (unpaired) electrons. The van der Waals surface area contributed by atoms with Crippen LogP contribution < -0.4 is 5.14 Å². The van der Waals surface area contributed by atoms with Crippen molar-refractivity contribution in [2.24, 2.45) is 11.1 Å². The molecule has 0 aromatic heterocycles. The van der Waals surface area contributed by atoms with Gasteiger partial charge in [-0.15, -0.1) is 11.6 Å². The van der Waals surface area contributed by atoms with Crippen molar-refractivity contribution in [2.75, 3.05) is 5.75 Å². The van der Waals surface area contributed by atoms with Crippen LogP contribution in [0.25, 0.3) is 0 Å². The van der Waals surface area contributed by atoms with Gasteiger partial charge in [0.15, 0.2) is 0 Å². The van der Waals surface area contributed by atoms with Gasteiger partial charge in [-0.2, -0.15) is 0 Å². The molecule has 0 heterocycles. The van der Waals surface area contributed by atoms with Crippen molar-refractivity contribution in [1.29, 1.82) is 0 Å². The second kappa shape index (κ2) is 5.85. The summed E-state index contributed by atoms with van der Waals surface area (Å²) in [5.41, 5.74) is 2.01. The Bertz CT molecular complexity index is 454. The molecule has 1 aromatic rings. The smallest absolute Gasteiger partial charge is 0.210 e. The summed E-state index contributed by atoms with van der Waals surface area (Å²) in [6.45, 7) is 4.30. The fourth-order valence-electron chi connectivity index (χ4n) is 1.63. The van der Waals surface area contributed by atoms with Gasteiger partial charge in [0.2, 0.25) is 10.0 Å². The number of hydrogen-bond acceptors (Lipinski definition) is 2. The van der Waals surface area contributed by atoms with Crippen LogP contribution in [-0.4, -0.2) is 14.2 Å². The Balaban J connectivity index is 2.73. The molecule has 3 nitrogen and oxygen atoms in total. The van der Waals surface area contributed by atoms with Gasteiger partial charge in [-0.1, -0.05) is 38.1 Å². The highest BCUT2D eigenvalue weighted by Crippen LogP contribution is 2.22. The lowest BCUT2D eigenvalue weighted by Gasteiger charge is -2.10. The van der Waals surface area contributed by atoms with Gasteiger partial charge in [-0.25, -0.2) is 13.6 Å². The second-order valence-electron chi connectivity index (χ2n) is 4.64. The van der Waals surface area contributed by atoms with Crippen LogP contribution in [0.2, 0.25) is 0 Å². The fourth-order valence-corrected chi connectivity index (χ4v) is 2.91. The minimum Gasteiger partial charge on any atom is -0.229 e. The average molecular weight is 276 g/mol. The molecule has 1 unspecified atom stereocenters. The summed E-state index contributed by atoms with van der Waals surface area (Å²) in [5.74, 6) is 0.356. The third-order valence-corrected chi connectivity index (χ3v) is 3.75. The highest BCUT2D eigenvalue weighted by atomic mass is 35.5. The van der Waals surface area contributed by atoms with Gasteiger partial charge >= 0.3 is 0 Å². The zero-order valence-electron chi connectivity index (χ0n) is 10.1. The molecule has 0 amide bonds. The van der Waals surface area contributed by atoms with Gasteiger partial charge in [0.25, 0.3) is 0 Å². The number of halogens is 1. The van der Waals surface area contributed by atoms with Crippen LogP contribution >= 0.6 is 11.6 Å². The molecule has 0 saturated heterocycles. The molecule has 0 spiro atoms. The number of rotatable bonds is 5. The Labute approximate surface area is 108 Å². The lowest BCUT2D eigenvalue weighted by atomic mass is 10.0. The minimum absolute atomic E-state index is 0.238. The largest absolute Gasteiger partial charge is 0.229 e. The molecule has 0 fully saturated rings. The number of primary sulfonamides is 1. The molecule has 0 aliphatic rings. The van der Waals surface area contributed by atoms with Crippen molar-refractivity contribution in [3.63, 3.8) is 0 Å². The highest BCUT2D eigenvalue weighted by Gasteiger charge is 2.14. The van der Waals surface area contributed by atoms with E-state index in [1.807, 2.05) is 24.3 Å². The van der Waals surface area contributed by atoms with Crippen molar-refractivity contribution < 1.29 is 8.42 Å². The van der Waals surface area contributed by atoms with E-state index in [0.29, 0.717) is 5.92 Å². The lowest BCUT2D eigenvalue weighted by Crippen LogP contribution is -2.19. The van der Waals surface area contributed by atoms with Gasteiger partial charge < -0.3 is 0 Å². The lowest BCUT2D eigenvalue weighted by molar-refractivity contribution is 0.596. The van der Waals surface area contributed by atoms with Gasteiger partial charge in [-0.05, 0) is 23.5 Å². The summed E-state index contributed by atoms with van der Waals surface area (Å²) in [4.78, 5) is 0. The Morgan fingerprint density at radius 1 is 1.24 bits per heavy atom. The second-order valence-corrected chi connectivity index (χ2v) is 6.82. The maximum atomic E-state index is 10.9. The molecule has 0 aliphatic carbocycles. The molecule has 0 aliphatic heterocycles. The van der Waals surface area contributed by atoms with Crippen molar-refractivity contribution in [3.05, 3.63) is 35.4 Å². The van der Waals surface area contributed by atoms with E-state index in [2.05, 4.69) is 13.8 Å². The standard InChI is InChI=1S/C12H18ClNO2S/c1-9(2)7-10-3-5-11(6-4-10)12(13)8-17(14,15)16/h3-6,9,12H,7-8H2,1-2H3,(H2,14,15,16).